The first-order valence-corrected chi connectivity index (χ1v) is 13.4. The minimum Gasteiger partial charge on any atom is -0.481 e. The van der Waals surface area contributed by atoms with Crippen LogP contribution >= 0.6 is 0 Å². The number of aromatic nitrogens is 2. The van der Waals surface area contributed by atoms with Crippen molar-refractivity contribution in [3.8, 4) is 22.9 Å². The minimum absolute atomic E-state index is 0.0665. The van der Waals surface area contributed by atoms with Gasteiger partial charge in [0, 0.05) is 17.7 Å². The van der Waals surface area contributed by atoms with E-state index in [-0.39, 0.29) is 29.7 Å². The van der Waals surface area contributed by atoms with Crippen LogP contribution in [0.3, 0.4) is 0 Å². The monoisotopic (exact) mass is 527 g/mol. The highest BCUT2D eigenvalue weighted by atomic mass is 19.4. The molecule has 3 aromatic rings. The van der Waals surface area contributed by atoms with Gasteiger partial charge in [-0.15, -0.1) is 10.2 Å². The SMILES string of the molecule is O=C(O)CCN1CCC(c2ccc(-c3nnc(-c4ccc(C5CCCCC5)c(C(F)(F)F)c4)o3)cc2)CC1. The van der Waals surface area contributed by atoms with Crippen molar-refractivity contribution in [2.24, 2.45) is 0 Å². The van der Waals surface area contributed by atoms with Crippen LogP contribution in [0.2, 0.25) is 0 Å². The predicted molar refractivity (Wildman–Crippen MR) is 137 cm³/mol. The Bertz CT molecular complexity index is 1240. The van der Waals surface area contributed by atoms with Gasteiger partial charge < -0.3 is 14.4 Å². The smallest absolute Gasteiger partial charge is 0.416 e. The van der Waals surface area contributed by atoms with Crippen LogP contribution < -0.4 is 0 Å². The van der Waals surface area contributed by atoms with Crippen LogP contribution in [0.5, 0.6) is 0 Å². The Morgan fingerprint density at radius 3 is 2.16 bits per heavy atom. The Morgan fingerprint density at radius 1 is 0.895 bits per heavy atom. The van der Waals surface area contributed by atoms with Gasteiger partial charge in [0.05, 0.1) is 12.0 Å². The fourth-order valence-corrected chi connectivity index (χ4v) is 5.80. The molecule has 0 unspecified atom stereocenters. The van der Waals surface area contributed by atoms with E-state index in [2.05, 4.69) is 15.1 Å². The van der Waals surface area contributed by atoms with Crippen LogP contribution in [0.4, 0.5) is 13.2 Å². The third-order valence-electron chi connectivity index (χ3n) is 7.93. The van der Waals surface area contributed by atoms with Crippen molar-refractivity contribution in [2.75, 3.05) is 19.6 Å². The highest BCUT2D eigenvalue weighted by molar-refractivity contribution is 5.66. The maximum Gasteiger partial charge on any atom is 0.416 e. The summed E-state index contributed by atoms with van der Waals surface area (Å²) in [5, 5.41) is 17.0. The van der Waals surface area contributed by atoms with Crippen molar-refractivity contribution >= 4 is 5.97 Å². The van der Waals surface area contributed by atoms with Crippen LogP contribution in [-0.4, -0.2) is 45.8 Å². The molecule has 9 heteroatoms. The minimum atomic E-state index is -4.45. The molecule has 0 bridgehead atoms. The van der Waals surface area contributed by atoms with E-state index >= 15 is 0 Å². The molecule has 2 heterocycles. The highest BCUT2D eigenvalue weighted by Gasteiger charge is 2.36. The summed E-state index contributed by atoms with van der Waals surface area (Å²) in [7, 11) is 0. The quantitative estimate of drug-likeness (QED) is 0.352. The number of piperidine rings is 1. The van der Waals surface area contributed by atoms with Crippen LogP contribution in [-0.2, 0) is 11.0 Å². The summed E-state index contributed by atoms with van der Waals surface area (Å²) in [5.74, 6) is -0.113. The Morgan fingerprint density at radius 2 is 1.53 bits per heavy atom. The normalized spacial score (nSPS) is 18.1. The average Bonchev–Trinajstić information content (AvgIpc) is 3.42. The molecule has 1 saturated carbocycles. The molecule has 38 heavy (non-hydrogen) atoms. The summed E-state index contributed by atoms with van der Waals surface area (Å²) in [6.07, 6.45) is 2.20. The second kappa shape index (κ2) is 11.3. The number of rotatable bonds is 7. The lowest BCUT2D eigenvalue weighted by Crippen LogP contribution is -2.34. The van der Waals surface area contributed by atoms with Crippen LogP contribution in [0, 0.1) is 0 Å². The first kappa shape index (κ1) is 26.4. The number of carboxylic acids is 1. The van der Waals surface area contributed by atoms with E-state index in [1.807, 2.05) is 24.3 Å². The molecule has 1 aromatic heterocycles. The molecule has 5 rings (SSSR count). The lowest BCUT2D eigenvalue weighted by molar-refractivity contribution is -0.139. The van der Waals surface area contributed by atoms with Crippen molar-refractivity contribution in [1.82, 2.24) is 15.1 Å². The number of alkyl halides is 3. The Hall–Kier alpha value is -3.20. The van der Waals surface area contributed by atoms with E-state index < -0.39 is 17.7 Å². The van der Waals surface area contributed by atoms with Gasteiger partial charge in [0.1, 0.15) is 0 Å². The van der Waals surface area contributed by atoms with Gasteiger partial charge in [0.2, 0.25) is 11.8 Å². The largest absolute Gasteiger partial charge is 0.481 e. The zero-order valence-electron chi connectivity index (χ0n) is 21.2. The number of hydrogen-bond acceptors (Lipinski definition) is 5. The molecule has 1 aliphatic heterocycles. The van der Waals surface area contributed by atoms with Gasteiger partial charge in [0.25, 0.3) is 0 Å². The van der Waals surface area contributed by atoms with E-state index in [0.717, 1.165) is 64.1 Å². The zero-order chi connectivity index (χ0) is 26.7. The van der Waals surface area contributed by atoms with Crippen molar-refractivity contribution in [2.45, 2.75) is 69.4 Å². The fraction of sp³-hybridized carbons (Fsp3) is 0.483. The van der Waals surface area contributed by atoms with Gasteiger partial charge in [-0.25, -0.2) is 0 Å². The Labute approximate surface area is 219 Å². The Kier molecular flexibility index (Phi) is 7.83. The summed E-state index contributed by atoms with van der Waals surface area (Å²) < 4.78 is 47.7. The molecule has 1 aliphatic carbocycles. The molecule has 2 aromatic carbocycles. The van der Waals surface area contributed by atoms with E-state index in [1.165, 1.54) is 5.56 Å². The second-order valence-electron chi connectivity index (χ2n) is 10.4. The zero-order valence-corrected chi connectivity index (χ0v) is 21.2. The summed E-state index contributed by atoms with van der Waals surface area (Å²) >= 11 is 0. The fourth-order valence-electron chi connectivity index (χ4n) is 5.80. The first-order chi connectivity index (χ1) is 18.3. The third kappa shape index (κ3) is 6.09. The van der Waals surface area contributed by atoms with E-state index in [1.54, 1.807) is 12.1 Å². The van der Waals surface area contributed by atoms with Gasteiger partial charge in [-0.05, 0) is 86.0 Å². The average molecular weight is 528 g/mol. The standard InChI is InChI=1S/C29H32F3N3O3/c30-29(31,32)25-18-23(10-11-24(25)21-4-2-1-3-5-21)28-34-33-27(38-28)22-8-6-19(7-9-22)20-12-15-35(16-13-20)17-14-26(36)37/h6-11,18,20-21H,1-5,12-17H2,(H,36,37). The molecule has 2 fully saturated rings. The van der Waals surface area contributed by atoms with Crippen molar-refractivity contribution in [1.29, 1.82) is 0 Å². The molecule has 6 nitrogen and oxygen atoms in total. The van der Waals surface area contributed by atoms with Crippen LogP contribution in [0.1, 0.15) is 79.9 Å². The Balaban J connectivity index is 1.28. The number of benzene rings is 2. The highest BCUT2D eigenvalue weighted by Crippen LogP contribution is 2.42. The van der Waals surface area contributed by atoms with Gasteiger partial charge in [0.15, 0.2) is 0 Å². The van der Waals surface area contributed by atoms with Gasteiger partial charge >= 0.3 is 12.1 Å². The van der Waals surface area contributed by atoms with E-state index in [4.69, 9.17) is 9.52 Å². The van der Waals surface area contributed by atoms with E-state index in [0.29, 0.717) is 23.6 Å². The van der Waals surface area contributed by atoms with Gasteiger partial charge in [-0.3, -0.25) is 4.79 Å². The maximum absolute atomic E-state index is 14.0. The van der Waals surface area contributed by atoms with Crippen LogP contribution in [0.25, 0.3) is 22.9 Å². The molecule has 1 N–H and O–H groups in total. The predicted octanol–water partition coefficient (Wildman–Crippen LogP) is 7.12. The number of carbonyl (C=O) groups is 1. The summed E-state index contributed by atoms with van der Waals surface area (Å²) in [6, 6.07) is 12.2. The molecule has 0 radical (unpaired) electrons. The van der Waals surface area contributed by atoms with Gasteiger partial charge in [-0.1, -0.05) is 37.5 Å². The van der Waals surface area contributed by atoms with Crippen molar-refractivity contribution in [3.05, 3.63) is 59.2 Å². The number of aliphatic carboxylic acids is 1. The number of halogens is 3. The molecule has 0 amide bonds. The van der Waals surface area contributed by atoms with Crippen molar-refractivity contribution < 1.29 is 27.5 Å². The van der Waals surface area contributed by atoms with E-state index in [9.17, 15) is 18.0 Å². The third-order valence-corrected chi connectivity index (χ3v) is 7.93. The topological polar surface area (TPSA) is 79.5 Å². The molecular weight excluding hydrogens is 495 g/mol. The molecular formula is C29H32F3N3O3. The summed E-state index contributed by atoms with van der Waals surface area (Å²) in [4.78, 5) is 13.0. The maximum atomic E-state index is 14.0. The number of carboxylic acid groups (broad SMARTS) is 1. The number of nitrogens with zero attached hydrogens (tertiary/aromatic N) is 3. The first-order valence-electron chi connectivity index (χ1n) is 13.4. The van der Waals surface area contributed by atoms with Gasteiger partial charge in [-0.2, -0.15) is 13.2 Å². The summed E-state index contributed by atoms with van der Waals surface area (Å²) in [5.41, 5.74) is 1.92. The molecule has 1 saturated heterocycles. The summed E-state index contributed by atoms with van der Waals surface area (Å²) in [6.45, 7) is 2.31. The molecule has 202 valence electrons. The molecule has 0 spiro atoms. The van der Waals surface area contributed by atoms with Crippen molar-refractivity contribution in [3.63, 3.8) is 0 Å². The second-order valence-corrected chi connectivity index (χ2v) is 10.4. The molecule has 0 atom stereocenters. The van der Waals surface area contributed by atoms with Crippen LogP contribution in [0.15, 0.2) is 46.9 Å². The lowest BCUT2D eigenvalue weighted by Gasteiger charge is -2.31. The number of hydrogen-bond donors (Lipinski definition) is 1. The molecule has 2 aliphatic rings. The number of likely N-dealkylation sites (tertiary alicyclic amines) is 1. The lowest BCUT2D eigenvalue weighted by atomic mass is 9.81.